The maximum Gasteiger partial charge on any atom is 0.119 e. The zero-order valence-electron chi connectivity index (χ0n) is 4.60. The van der Waals surface area contributed by atoms with Crippen LogP contribution in [0.5, 0.6) is 0 Å². The Morgan fingerprint density at radius 2 is 1.33 bits per heavy atom. The fourth-order valence-electron chi connectivity index (χ4n) is 0. The minimum Gasteiger partial charge on any atom is -0.247 e. The molecule has 0 amide bonds. The molecular weight excluding hydrogens is 86.1 g/mol. The molecule has 6 heavy (non-hydrogen) atoms. The molecule has 0 aliphatic rings. The van der Waals surface area contributed by atoms with Crippen LogP contribution in [0.3, 0.4) is 0 Å². The molecule has 0 rings (SSSR count). The van der Waals surface area contributed by atoms with Crippen molar-refractivity contribution in [1.82, 2.24) is 0 Å². The summed E-state index contributed by atoms with van der Waals surface area (Å²) >= 11 is 4.19. The first kappa shape index (κ1) is 6.67. The molecule has 0 nitrogen and oxygen atoms in total. The number of hydrogen-bond acceptors (Lipinski definition) is 1. The lowest BCUT2D eigenvalue weighted by molar-refractivity contribution is 3.83. The fraction of sp³-hybridized carbons (Fsp3) is 0. The van der Waals surface area contributed by atoms with Crippen LogP contribution in [0.2, 0.25) is 0 Å². The van der Waals surface area contributed by atoms with Gasteiger partial charge in [-0.2, -0.15) is 0 Å². The summed E-state index contributed by atoms with van der Waals surface area (Å²) < 4.78 is 0. The molecule has 0 unspecified atom stereocenters. The molecule has 0 atom stereocenters. The van der Waals surface area contributed by atoms with Crippen LogP contribution in [0, 0.1) is 0 Å². The van der Waals surface area contributed by atoms with E-state index < -0.39 is 0 Å². The number of hydrogen-bond donors (Lipinski definition) is 1. The van der Waals surface area contributed by atoms with Crippen molar-refractivity contribution in [3.05, 3.63) is 0 Å². The summed E-state index contributed by atoms with van der Waals surface area (Å²) in [5.41, 5.74) is 0. The Morgan fingerprint density at radius 3 is 1.33 bits per heavy atom. The highest BCUT2D eigenvalue weighted by Crippen LogP contribution is 1.78. The molecule has 6 heteroatoms. The molecule has 0 radical (unpaired) electrons. The van der Waals surface area contributed by atoms with Gasteiger partial charge in [0.25, 0.3) is 0 Å². The van der Waals surface area contributed by atoms with Gasteiger partial charge in [0.2, 0.25) is 0 Å². The van der Waals surface area contributed by atoms with E-state index in [1.54, 1.807) is 0 Å². The molecule has 0 aliphatic heterocycles. The van der Waals surface area contributed by atoms with Crippen LogP contribution in [0.25, 0.3) is 0 Å². The van der Waals surface area contributed by atoms with Crippen molar-refractivity contribution in [2.45, 2.75) is 0 Å². The molecule has 0 aliphatic carbocycles. The molecule has 0 fully saturated rings. The van der Waals surface area contributed by atoms with Crippen molar-refractivity contribution < 1.29 is 0 Å². The van der Waals surface area contributed by atoms with Gasteiger partial charge in [0, 0.05) is 6.39 Å². The van der Waals surface area contributed by atoms with Gasteiger partial charge in [-0.05, 0) is 0 Å². The lowest BCUT2D eigenvalue weighted by atomic mass is 8.95. The smallest absolute Gasteiger partial charge is 0.119 e. The number of thiol groups is 1. The summed E-state index contributed by atoms with van der Waals surface area (Å²) in [5, 5.41) is 0. The second-order valence-electron chi connectivity index (χ2n) is 1.98. The molecule has 0 N–H and O–H groups in total. The van der Waals surface area contributed by atoms with E-state index in [-0.39, 0.29) is 0 Å². The zero-order chi connectivity index (χ0) is 5.15. The monoisotopic (exact) mass is 94.1 g/mol. The summed E-state index contributed by atoms with van der Waals surface area (Å²) in [6, 6.07) is 0. The van der Waals surface area contributed by atoms with Crippen molar-refractivity contribution in [1.29, 1.82) is 0 Å². The molecule has 0 spiro atoms. The van der Waals surface area contributed by atoms with Gasteiger partial charge in [-0.25, -0.2) is 12.5 Å². The second-order valence-corrected chi connectivity index (χ2v) is 2.80. The van der Waals surface area contributed by atoms with Gasteiger partial charge in [0.05, 0.1) is 23.2 Å². The first-order valence-electron chi connectivity index (χ1n) is 2.32. The van der Waals surface area contributed by atoms with Crippen molar-refractivity contribution in [3.63, 3.8) is 0 Å². The first-order chi connectivity index (χ1) is 2.64. The highest BCUT2D eigenvalue weighted by Gasteiger charge is 2.05. The first-order valence-corrected chi connectivity index (χ1v) is 2.84. The van der Waals surface area contributed by atoms with Crippen LogP contribution >= 0.6 is 12.5 Å². The maximum absolute atomic E-state index is 4.19. The molecule has 0 aromatic carbocycles. The van der Waals surface area contributed by atoms with E-state index in [2.05, 4.69) is 35.7 Å². The Labute approximate surface area is 48.5 Å². The lowest BCUT2D eigenvalue weighted by Crippen LogP contribution is -2.32. The Morgan fingerprint density at radius 1 is 1.17 bits per heavy atom. The average molecular weight is 93.2 g/mol. The molecule has 0 saturated heterocycles. The van der Waals surface area contributed by atoms with Gasteiger partial charge in [-0.1, -0.05) is 0 Å². The summed E-state index contributed by atoms with van der Waals surface area (Å²) in [6.45, 7) is 0. The summed E-state index contributed by atoms with van der Waals surface area (Å²) in [4.78, 5) is 0. The minimum atomic E-state index is 0.546. The van der Waals surface area contributed by atoms with E-state index in [0.717, 1.165) is 0 Å². The van der Waals surface area contributed by atoms with E-state index in [1.165, 1.54) is 0 Å². The molecule has 28 valence electrons. The second kappa shape index (κ2) is 2.78. The third-order valence-corrected chi connectivity index (χ3v) is 1.56. The van der Waals surface area contributed by atoms with Crippen LogP contribution in [0.1, 0.15) is 0 Å². The van der Waals surface area contributed by atoms with E-state index in [9.17, 15) is 0 Å². The van der Waals surface area contributed by atoms with Gasteiger partial charge in [0.15, 0.2) is 0 Å². The average Bonchev–Trinajstić information content (AvgIpc) is 1.36. The molecule has 0 heterocycles. The third kappa shape index (κ3) is 2.89. The number of rotatable bonds is 1. The Kier molecular flexibility index (Phi) is 3.10. The summed E-state index contributed by atoms with van der Waals surface area (Å²) in [5.74, 6) is 0.546. The molecule has 0 saturated carbocycles. The van der Waals surface area contributed by atoms with Crippen LogP contribution in [-0.2, 0) is 0 Å². The molecule has 0 aromatic heterocycles. The Balaban J connectivity index is 2.99. The van der Waals surface area contributed by atoms with Crippen molar-refractivity contribution >= 4 is 47.8 Å². The minimum absolute atomic E-state index is 0.546. The normalized spacial score (nSPS) is 7.50. The Bertz CT molecular complexity index is 24.9. The van der Waals surface area contributed by atoms with E-state index in [0.29, 0.717) is 12.2 Å². The van der Waals surface area contributed by atoms with Crippen LogP contribution in [0.4, 0.5) is 0 Å². The van der Waals surface area contributed by atoms with Gasteiger partial charge in [-0.15, -0.1) is 0 Å². The summed E-state index contributed by atoms with van der Waals surface area (Å²) in [6.07, 6.45) is 0.716. The zero-order valence-corrected chi connectivity index (χ0v) is 5.50. The predicted octanol–water partition coefficient (Wildman–Crippen LogP) is -3.13. The maximum atomic E-state index is 4.19. The third-order valence-electron chi connectivity index (χ3n) is 0.965. The van der Waals surface area contributed by atoms with E-state index >= 15 is 0 Å². The van der Waals surface area contributed by atoms with Crippen molar-refractivity contribution in [2.24, 2.45) is 0 Å². The SMILES string of the molecule is BB(B)B(B)S. The largest absolute Gasteiger partial charge is 0.247 e. The van der Waals surface area contributed by atoms with E-state index in [4.69, 9.17) is 0 Å². The van der Waals surface area contributed by atoms with Gasteiger partial charge in [-0.3, -0.25) is 0 Å². The van der Waals surface area contributed by atoms with Crippen LogP contribution in [-0.4, -0.2) is 35.4 Å². The molecule has 0 bridgehead atoms. The van der Waals surface area contributed by atoms with Gasteiger partial charge < -0.3 is 0 Å². The summed E-state index contributed by atoms with van der Waals surface area (Å²) in [7, 11) is 6.43. The highest BCUT2D eigenvalue weighted by atomic mass is 32.1. The molecular formula is H7B5S. The molecule has 0 aromatic rings. The lowest BCUT2D eigenvalue weighted by Gasteiger charge is -1.95. The van der Waals surface area contributed by atoms with Gasteiger partial charge >= 0.3 is 0 Å². The van der Waals surface area contributed by atoms with E-state index in [1.807, 2.05) is 0 Å². The van der Waals surface area contributed by atoms with Crippen LogP contribution in [0.15, 0.2) is 0 Å². The Hall–Kier alpha value is 0.675. The quantitative estimate of drug-likeness (QED) is 0.257. The van der Waals surface area contributed by atoms with Crippen molar-refractivity contribution in [3.8, 4) is 0 Å². The highest BCUT2D eigenvalue weighted by molar-refractivity contribution is 8.25. The van der Waals surface area contributed by atoms with Crippen LogP contribution < -0.4 is 0 Å². The predicted molar refractivity (Wildman–Crippen MR) is 46.1 cm³/mol. The standard InChI is InChI=1S/B5H7S/c1-4(2)5(3)6/h6H,1-3H2. The topological polar surface area (TPSA) is 0 Å². The van der Waals surface area contributed by atoms with Gasteiger partial charge in [0.1, 0.15) is 5.77 Å². The van der Waals surface area contributed by atoms with Crippen molar-refractivity contribution in [2.75, 3.05) is 0 Å². The fourth-order valence-corrected chi connectivity index (χ4v) is 0.